The van der Waals surface area contributed by atoms with Gasteiger partial charge in [0, 0.05) is 12.1 Å². The van der Waals surface area contributed by atoms with Crippen molar-refractivity contribution in [2.24, 2.45) is 0 Å². The Morgan fingerprint density at radius 3 is 1.86 bits per heavy atom. The lowest BCUT2D eigenvalue weighted by atomic mass is 9.99. The molecule has 0 aliphatic rings. The fourth-order valence-corrected chi connectivity index (χ4v) is 1.89. The standard InChI is InChI=1S/C15H11F2NO3/c1-21-13-8-4-11(5-9-13)14(15(16)17)10-2-6-12(7-3-10)18(19)20/h2-9H,1H3. The summed E-state index contributed by atoms with van der Waals surface area (Å²) in [5, 5.41) is 10.6. The van der Waals surface area contributed by atoms with E-state index < -0.39 is 11.0 Å². The van der Waals surface area contributed by atoms with Crippen LogP contribution in [0.2, 0.25) is 0 Å². The van der Waals surface area contributed by atoms with E-state index >= 15 is 0 Å². The van der Waals surface area contributed by atoms with Crippen molar-refractivity contribution in [2.45, 2.75) is 0 Å². The first-order chi connectivity index (χ1) is 10.0. The highest BCUT2D eigenvalue weighted by molar-refractivity contribution is 5.80. The van der Waals surface area contributed by atoms with Gasteiger partial charge in [0.2, 0.25) is 0 Å². The molecule has 4 nitrogen and oxygen atoms in total. The summed E-state index contributed by atoms with van der Waals surface area (Å²) in [5.74, 6) is 0.557. The van der Waals surface area contributed by atoms with Crippen molar-refractivity contribution in [1.29, 1.82) is 0 Å². The average Bonchev–Trinajstić information content (AvgIpc) is 2.48. The van der Waals surface area contributed by atoms with Crippen molar-refractivity contribution in [2.75, 3.05) is 7.11 Å². The quantitative estimate of drug-likeness (QED) is 0.624. The van der Waals surface area contributed by atoms with Crippen LogP contribution < -0.4 is 4.74 Å². The molecule has 2 aromatic rings. The predicted molar refractivity (Wildman–Crippen MR) is 74.3 cm³/mol. The van der Waals surface area contributed by atoms with E-state index in [0.717, 1.165) is 0 Å². The molecule has 0 aliphatic heterocycles. The molecular weight excluding hydrogens is 280 g/mol. The number of nitrogens with zero attached hydrogens (tertiary/aromatic N) is 1. The van der Waals surface area contributed by atoms with Crippen LogP contribution in [0.5, 0.6) is 5.75 Å². The maximum atomic E-state index is 13.2. The van der Waals surface area contributed by atoms with Crippen LogP contribution in [0.25, 0.3) is 5.57 Å². The normalized spacial score (nSPS) is 10.0. The lowest BCUT2D eigenvalue weighted by Crippen LogP contribution is -1.92. The Balaban J connectivity index is 2.44. The zero-order valence-corrected chi connectivity index (χ0v) is 11.0. The summed E-state index contributed by atoms with van der Waals surface area (Å²) in [6.07, 6.45) is -1.85. The van der Waals surface area contributed by atoms with E-state index in [4.69, 9.17) is 4.74 Å². The number of hydrogen-bond acceptors (Lipinski definition) is 3. The smallest absolute Gasteiger partial charge is 0.278 e. The minimum Gasteiger partial charge on any atom is -0.497 e. The summed E-state index contributed by atoms with van der Waals surface area (Å²) in [5.41, 5.74) is 0.120. The molecule has 0 unspecified atom stereocenters. The van der Waals surface area contributed by atoms with Gasteiger partial charge in [0.05, 0.1) is 17.6 Å². The van der Waals surface area contributed by atoms with Gasteiger partial charge < -0.3 is 4.74 Å². The first kappa shape index (κ1) is 14.6. The zero-order chi connectivity index (χ0) is 15.4. The van der Waals surface area contributed by atoms with Crippen LogP contribution >= 0.6 is 0 Å². The molecule has 2 aromatic carbocycles. The lowest BCUT2D eigenvalue weighted by molar-refractivity contribution is -0.384. The van der Waals surface area contributed by atoms with Gasteiger partial charge in [0.15, 0.2) is 0 Å². The third kappa shape index (κ3) is 3.22. The zero-order valence-electron chi connectivity index (χ0n) is 11.0. The van der Waals surface area contributed by atoms with Crippen molar-refractivity contribution in [1.82, 2.24) is 0 Å². The van der Waals surface area contributed by atoms with Crippen molar-refractivity contribution < 1.29 is 18.4 Å². The van der Waals surface area contributed by atoms with E-state index in [9.17, 15) is 18.9 Å². The van der Waals surface area contributed by atoms with Gasteiger partial charge >= 0.3 is 0 Å². The number of halogens is 2. The molecule has 0 saturated heterocycles. The maximum Gasteiger partial charge on any atom is 0.278 e. The average molecular weight is 291 g/mol. The van der Waals surface area contributed by atoms with E-state index in [1.807, 2.05) is 0 Å². The Bertz CT molecular complexity index is 675. The largest absolute Gasteiger partial charge is 0.497 e. The van der Waals surface area contributed by atoms with Gasteiger partial charge in [0.25, 0.3) is 11.8 Å². The number of nitro benzene ring substituents is 1. The molecule has 0 aliphatic carbocycles. The fraction of sp³-hybridized carbons (Fsp3) is 0.0667. The number of hydrogen-bond donors (Lipinski definition) is 0. The Hall–Kier alpha value is -2.76. The van der Waals surface area contributed by atoms with Crippen LogP contribution in [-0.4, -0.2) is 12.0 Å². The highest BCUT2D eigenvalue weighted by Crippen LogP contribution is 2.30. The van der Waals surface area contributed by atoms with Gasteiger partial charge in [-0.05, 0) is 35.4 Å². The molecular formula is C15H11F2NO3. The van der Waals surface area contributed by atoms with Crippen molar-refractivity contribution >= 4 is 11.3 Å². The Morgan fingerprint density at radius 1 is 1.00 bits per heavy atom. The Kier molecular flexibility index (Phi) is 4.27. The number of nitro groups is 1. The summed E-state index contributed by atoms with van der Waals surface area (Å²) >= 11 is 0. The lowest BCUT2D eigenvalue weighted by Gasteiger charge is -2.08. The predicted octanol–water partition coefficient (Wildman–Crippen LogP) is 4.26. The molecule has 0 spiro atoms. The first-order valence-electron chi connectivity index (χ1n) is 5.97. The van der Waals surface area contributed by atoms with Crippen LogP contribution in [0.3, 0.4) is 0 Å². The van der Waals surface area contributed by atoms with Gasteiger partial charge in [0.1, 0.15) is 5.75 Å². The summed E-state index contributed by atoms with van der Waals surface area (Å²) in [7, 11) is 1.48. The minimum absolute atomic E-state index is 0.146. The first-order valence-corrected chi connectivity index (χ1v) is 5.97. The molecule has 0 saturated carbocycles. The number of methoxy groups -OCH3 is 1. The number of rotatable bonds is 4. The van der Waals surface area contributed by atoms with Gasteiger partial charge in [-0.3, -0.25) is 10.1 Å². The highest BCUT2D eigenvalue weighted by Gasteiger charge is 2.14. The SMILES string of the molecule is COc1ccc(C(=C(F)F)c2ccc([N+](=O)[O-])cc2)cc1. The summed E-state index contributed by atoms with van der Waals surface area (Å²) in [4.78, 5) is 10.0. The second-order valence-electron chi connectivity index (χ2n) is 4.17. The van der Waals surface area contributed by atoms with Crippen LogP contribution in [0.15, 0.2) is 54.6 Å². The molecule has 0 heterocycles. The Morgan fingerprint density at radius 2 is 1.48 bits per heavy atom. The molecule has 0 atom stereocenters. The third-order valence-electron chi connectivity index (χ3n) is 2.93. The summed E-state index contributed by atoms with van der Waals surface area (Å²) in [6, 6.07) is 11.2. The molecule has 0 fully saturated rings. The van der Waals surface area contributed by atoms with Gasteiger partial charge in [-0.1, -0.05) is 12.1 Å². The monoisotopic (exact) mass is 291 g/mol. The van der Waals surface area contributed by atoms with Crippen LogP contribution in [0.4, 0.5) is 14.5 Å². The molecule has 0 amide bonds. The van der Waals surface area contributed by atoms with E-state index in [0.29, 0.717) is 11.3 Å². The van der Waals surface area contributed by atoms with Gasteiger partial charge in [-0.2, -0.15) is 8.78 Å². The van der Waals surface area contributed by atoms with E-state index in [-0.39, 0.29) is 16.8 Å². The van der Waals surface area contributed by atoms with E-state index in [1.165, 1.54) is 43.5 Å². The molecule has 0 radical (unpaired) electrons. The van der Waals surface area contributed by atoms with Crippen molar-refractivity contribution in [3.05, 3.63) is 75.9 Å². The molecule has 108 valence electrons. The molecule has 2 rings (SSSR count). The highest BCUT2D eigenvalue weighted by atomic mass is 19.3. The molecule has 21 heavy (non-hydrogen) atoms. The van der Waals surface area contributed by atoms with Gasteiger partial charge in [-0.25, -0.2) is 0 Å². The van der Waals surface area contributed by atoms with Gasteiger partial charge in [-0.15, -0.1) is 0 Å². The van der Waals surface area contributed by atoms with E-state index in [1.54, 1.807) is 12.1 Å². The van der Waals surface area contributed by atoms with Crippen LogP contribution in [0.1, 0.15) is 11.1 Å². The fourth-order valence-electron chi connectivity index (χ4n) is 1.89. The minimum atomic E-state index is -1.85. The number of ether oxygens (including phenoxy) is 1. The van der Waals surface area contributed by atoms with E-state index in [2.05, 4.69) is 0 Å². The van der Waals surface area contributed by atoms with Crippen molar-refractivity contribution in [3.63, 3.8) is 0 Å². The summed E-state index contributed by atoms with van der Waals surface area (Å²) in [6.45, 7) is 0. The van der Waals surface area contributed by atoms with Crippen LogP contribution in [-0.2, 0) is 0 Å². The van der Waals surface area contributed by atoms with Crippen LogP contribution in [0, 0.1) is 10.1 Å². The molecule has 0 aromatic heterocycles. The second kappa shape index (κ2) is 6.13. The second-order valence-corrected chi connectivity index (χ2v) is 4.17. The third-order valence-corrected chi connectivity index (χ3v) is 2.93. The number of benzene rings is 2. The molecule has 0 bridgehead atoms. The number of non-ortho nitro benzene ring substituents is 1. The topological polar surface area (TPSA) is 52.4 Å². The maximum absolute atomic E-state index is 13.2. The summed E-state index contributed by atoms with van der Waals surface area (Å²) < 4.78 is 31.4. The molecule has 0 N–H and O–H groups in total. The Labute approximate surface area is 119 Å². The molecule has 6 heteroatoms. The van der Waals surface area contributed by atoms with Crippen molar-refractivity contribution in [3.8, 4) is 5.75 Å².